The van der Waals surface area contributed by atoms with E-state index in [9.17, 15) is 4.79 Å². The van der Waals surface area contributed by atoms with Crippen LogP contribution in [0.5, 0.6) is 0 Å². The van der Waals surface area contributed by atoms with Crippen LogP contribution in [0, 0.1) is 0 Å². The number of hydrogen-bond donors (Lipinski definition) is 1. The third kappa shape index (κ3) is 4.17. The lowest BCUT2D eigenvalue weighted by atomic mass is 10.3. The monoisotopic (exact) mass is 378 g/mol. The van der Waals surface area contributed by atoms with Crippen molar-refractivity contribution in [3.8, 4) is 0 Å². The van der Waals surface area contributed by atoms with Gasteiger partial charge in [-0.3, -0.25) is 4.79 Å². The smallest absolute Gasteiger partial charge is 0.191 e. The Kier molecular flexibility index (Phi) is 5.55. The van der Waals surface area contributed by atoms with E-state index in [0.29, 0.717) is 17.3 Å². The second-order valence-electron chi connectivity index (χ2n) is 5.01. The highest BCUT2D eigenvalue weighted by Gasteiger charge is 2.13. The number of thiophene rings is 1. The Hall–Kier alpha value is -1.83. The lowest BCUT2D eigenvalue weighted by molar-refractivity contribution is 0.102. The van der Waals surface area contributed by atoms with Gasteiger partial charge in [-0.1, -0.05) is 29.4 Å². The maximum absolute atomic E-state index is 12.0. The van der Waals surface area contributed by atoms with E-state index in [1.54, 1.807) is 0 Å². The molecular formula is C16H15ClN4OS2. The molecule has 0 aliphatic carbocycles. The van der Waals surface area contributed by atoms with Gasteiger partial charge in [-0.15, -0.1) is 21.5 Å². The molecule has 2 heterocycles. The van der Waals surface area contributed by atoms with Crippen LogP contribution >= 0.6 is 34.7 Å². The number of anilines is 1. The van der Waals surface area contributed by atoms with Crippen LogP contribution in [0.3, 0.4) is 0 Å². The third-order valence-corrected chi connectivity index (χ3v) is 5.53. The number of aromatic nitrogens is 3. The molecule has 3 rings (SSSR count). The Morgan fingerprint density at radius 2 is 2.08 bits per heavy atom. The average molecular weight is 379 g/mol. The van der Waals surface area contributed by atoms with Gasteiger partial charge in [0.25, 0.3) is 0 Å². The molecule has 5 nitrogen and oxygen atoms in total. The summed E-state index contributed by atoms with van der Waals surface area (Å²) in [5.74, 6) is 1.27. The summed E-state index contributed by atoms with van der Waals surface area (Å²) >= 11 is 8.73. The molecule has 124 valence electrons. The first-order valence-electron chi connectivity index (χ1n) is 7.20. The lowest BCUT2D eigenvalue weighted by Gasteiger charge is -2.06. The lowest BCUT2D eigenvalue weighted by Crippen LogP contribution is -2.07. The molecule has 24 heavy (non-hydrogen) atoms. The van der Waals surface area contributed by atoms with E-state index in [1.807, 2.05) is 53.4 Å². The van der Waals surface area contributed by atoms with Crippen LogP contribution in [0.4, 0.5) is 5.69 Å². The highest BCUT2D eigenvalue weighted by Crippen LogP contribution is 2.20. The Labute approximate surface area is 153 Å². The maximum atomic E-state index is 12.0. The van der Waals surface area contributed by atoms with Crippen molar-refractivity contribution in [2.45, 2.75) is 11.7 Å². The zero-order valence-corrected chi connectivity index (χ0v) is 15.3. The minimum Gasteiger partial charge on any atom is -0.378 e. The second kappa shape index (κ2) is 7.83. The standard InChI is InChI=1S/C16H15ClN4OS2/c1-21-15(9-18-12-6-4-11(17)5-7-12)19-20-16(21)24-10-13(22)14-3-2-8-23-14/h2-8,18H,9-10H2,1H3. The summed E-state index contributed by atoms with van der Waals surface area (Å²) in [4.78, 5) is 12.8. The summed E-state index contributed by atoms with van der Waals surface area (Å²) in [6.07, 6.45) is 0. The van der Waals surface area contributed by atoms with E-state index in [1.165, 1.54) is 23.1 Å². The third-order valence-electron chi connectivity index (χ3n) is 3.35. The molecule has 0 bridgehead atoms. The first-order valence-corrected chi connectivity index (χ1v) is 9.45. The number of carbonyl (C=O) groups excluding carboxylic acids is 1. The maximum Gasteiger partial charge on any atom is 0.191 e. The van der Waals surface area contributed by atoms with Crippen LogP contribution in [0.15, 0.2) is 46.9 Å². The van der Waals surface area contributed by atoms with Gasteiger partial charge < -0.3 is 9.88 Å². The molecule has 2 aromatic heterocycles. The minimum atomic E-state index is 0.110. The Bertz CT molecular complexity index is 815. The van der Waals surface area contributed by atoms with E-state index in [2.05, 4.69) is 15.5 Å². The Balaban J connectivity index is 1.57. The van der Waals surface area contributed by atoms with Crippen molar-refractivity contribution < 1.29 is 4.79 Å². The van der Waals surface area contributed by atoms with Crippen molar-refractivity contribution in [1.82, 2.24) is 14.8 Å². The number of benzene rings is 1. The molecule has 0 atom stereocenters. The summed E-state index contributed by atoms with van der Waals surface area (Å²) in [5.41, 5.74) is 0.962. The number of halogens is 1. The van der Waals surface area contributed by atoms with Crippen molar-refractivity contribution in [3.05, 3.63) is 57.5 Å². The summed E-state index contributed by atoms with van der Waals surface area (Å²) in [7, 11) is 1.90. The summed E-state index contributed by atoms with van der Waals surface area (Å²) in [6, 6.07) is 11.2. The molecule has 0 aliphatic heterocycles. The van der Waals surface area contributed by atoms with E-state index in [0.717, 1.165) is 21.5 Å². The molecule has 1 aromatic carbocycles. The van der Waals surface area contributed by atoms with Crippen molar-refractivity contribution in [2.24, 2.45) is 7.05 Å². The van der Waals surface area contributed by atoms with Crippen LogP contribution in [-0.4, -0.2) is 26.3 Å². The molecule has 1 N–H and O–H groups in total. The molecule has 8 heteroatoms. The zero-order chi connectivity index (χ0) is 16.9. The van der Waals surface area contributed by atoms with Crippen LogP contribution in [0.2, 0.25) is 5.02 Å². The average Bonchev–Trinajstić information content (AvgIpc) is 3.23. The van der Waals surface area contributed by atoms with Crippen LogP contribution in [0.1, 0.15) is 15.5 Å². The Morgan fingerprint density at radius 3 is 2.79 bits per heavy atom. The quantitative estimate of drug-likeness (QED) is 0.495. The van der Waals surface area contributed by atoms with E-state index >= 15 is 0 Å². The predicted octanol–water partition coefficient (Wildman–Crippen LogP) is 4.12. The van der Waals surface area contributed by atoms with E-state index < -0.39 is 0 Å². The molecule has 0 saturated heterocycles. The van der Waals surface area contributed by atoms with E-state index in [-0.39, 0.29) is 5.78 Å². The minimum absolute atomic E-state index is 0.110. The molecular weight excluding hydrogens is 364 g/mol. The van der Waals surface area contributed by atoms with Crippen LogP contribution in [0.25, 0.3) is 0 Å². The highest BCUT2D eigenvalue weighted by molar-refractivity contribution is 7.99. The number of Topliss-reactive ketones (excluding diaryl/α,β-unsaturated/α-hetero) is 1. The van der Waals surface area contributed by atoms with Gasteiger partial charge in [0.2, 0.25) is 0 Å². The zero-order valence-electron chi connectivity index (χ0n) is 12.9. The first-order chi connectivity index (χ1) is 11.6. The summed E-state index contributed by atoms with van der Waals surface area (Å²) in [5, 5.41) is 15.0. The number of hydrogen-bond acceptors (Lipinski definition) is 6. The van der Waals surface area contributed by atoms with Gasteiger partial charge in [0.15, 0.2) is 16.8 Å². The fourth-order valence-corrected chi connectivity index (χ4v) is 3.71. The van der Waals surface area contributed by atoms with Crippen LogP contribution < -0.4 is 5.32 Å². The SMILES string of the molecule is Cn1c(CNc2ccc(Cl)cc2)nnc1SCC(=O)c1cccs1. The fourth-order valence-electron chi connectivity index (χ4n) is 2.01. The first kappa shape index (κ1) is 17.0. The highest BCUT2D eigenvalue weighted by atomic mass is 35.5. The predicted molar refractivity (Wildman–Crippen MR) is 99.2 cm³/mol. The molecule has 0 spiro atoms. The molecule has 0 unspecified atom stereocenters. The second-order valence-corrected chi connectivity index (χ2v) is 7.33. The van der Waals surface area contributed by atoms with Gasteiger partial charge in [0.1, 0.15) is 0 Å². The largest absolute Gasteiger partial charge is 0.378 e. The van der Waals surface area contributed by atoms with Gasteiger partial charge in [-0.2, -0.15) is 0 Å². The van der Waals surface area contributed by atoms with Crippen molar-refractivity contribution in [1.29, 1.82) is 0 Å². The molecule has 0 saturated carbocycles. The van der Waals surface area contributed by atoms with Gasteiger partial charge in [0, 0.05) is 17.8 Å². The van der Waals surface area contributed by atoms with Gasteiger partial charge >= 0.3 is 0 Å². The molecule has 3 aromatic rings. The van der Waals surface area contributed by atoms with Crippen LogP contribution in [-0.2, 0) is 13.6 Å². The van der Waals surface area contributed by atoms with Gasteiger partial charge in [0.05, 0.1) is 17.2 Å². The van der Waals surface area contributed by atoms with Gasteiger partial charge in [-0.05, 0) is 35.7 Å². The van der Waals surface area contributed by atoms with Gasteiger partial charge in [-0.25, -0.2) is 0 Å². The topological polar surface area (TPSA) is 59.8 Å². The molecule has 0 aliphatic rings. The van der Waals surface area contributed by atoms with E-state index in [4.69, 9.17) is 11.6 Å². The molecule has 0 fully saturated rings. The number of nitrogens with one attached hydrogen (secondary N) is 1. The number of carbonyl (C=O) groups is 1. The molecule has 0 amide bonds. The number of ketones is 1. The number of nitrogens with zero attached hydrogens (tertiary/aromatic N) is 3. The fraction of sp³-hybridized carbons (Fsp3) is 0.188. The Morgan fingerprint density at radius 1 is 1.29 bits per heavy atom. The normalized spacial score (nSPS) is 10.8. The summed E-state index contributed by atoms with van der Waals surface area (Å²) in [6.45, 7) is 0.546. The molecule has 0 radical (unpaired) electrons. The van der Waals surface area contributed by atoms with Crippen molar-refractivity contribution in [3.63, 3.8) is 0 Å². The number of rotatable bonds is 7. The summed E-state index contributed by atoms with van der Waals surface area (Å²) < 4.78 is 1.90. The van der Waals surface area contributed by atoms with Crippen molar-refractivity contribution in [2.75, 3.05) is 11.1 Å². The van der Waals surface area contributed by atoms with Crippen molar-refractivity contribution >= 4 is 46.2 Å². The number of thioether (sulfide) groups is 1.